The first kappa shape index (κ1) is 10.5. The van der Waals surface area contributed by atoms with Gasteiger partial charge in [0.1, 0.15) is 0 Å². The predicted octanol–water partition coefficient (Wildman–Crippen LogP) is 1.18. The average Bonchev–Trinajstić information content (AvgIpc) is 2.18. The molecule has 1 N–H and O–H groups in total. The summed E-state index contributed by atoms with van der Waals surface area (Å²) in [4.78, 5) is 12.3. The molecule has 0 spiro atoms. The molecule has 0 amide bonds. The molecule has 0 saturated heterocycles. The molecule has 1 rings (SSSR count). The summed E-state index contributed by atoms with van der Waals surface area (Å²) < 4.78 is 0. The third kappa shape index (κ3) is 2.74. The summed E-state index contributed by atoms with van der Waals surface area (Å²) in [5.74, 6) is 0.701. The SMILES string of the molecule is C=N/C=C1/C=CC(C)=N/C1=N/CNC. The van der Waals surface area contributed by atoms with E-state index in [0.29, 0.717) is 12.5 Å². The van der Waals surface area contributed by atoms with Crippen molar-refractivity contribution in [2.24, 2.45) is 15.0 Å². The Bertz CT molecular complexity index is 334. The minimum atomic E-state index is 0.550. The Morgan fingerprint density at radius 2 is 2.36 bits per heavy atom. The molecule has 1 aliphatic rings. The Morgan fingerprint density at radius 3 is 3.00 bits per heavy atom. The van der Waals surface area contributed by atoms with E-state index in [2.05, 4.69) is 27.0 Å². The van der Waals surface area contributed by atoms with E-state index in [0.717, 1.165) is 11.3 Å². The lowest BCUT2D eigenvalue weighted by atomic mass is 10.1. The van der Waals surface area contributed by atoms with Crippen molar-refractivity contribution in [3.63, 3.8) is 0 Å². The fourth-order valence-electron chi connectivity index (χ4n) is 1.03. The minimum absolute atomic E-state index is 0.550. The summed E-state index contributed by atoms with van der Waals surface area (Å²) in [6, 6.07) is 0. The van der Waals surface area contributed by atoms with Crippen LogP contribution in [0.4, 0.5) is 0 Å². The molecule has 4 nitrogen and oxygen atoms in total. The molecular formula is C10H14N4. The number of amidine groups is 1. The number of allylic oxidation sites excluding steroid dienone is 1. The smallest absolute Gasteiger partial charge is 0.157 e. The van der Waals surface area contributed by atoms with E-state index in [4.69, 9.17) is 0 Å². The van der Waals surface area contributed by atoms with E-state index in [1.807, 2.05) is 26.1 Å². The van der Waals surface area contributed by atoms with Gasteiger partial charge in [0.2, 0.25) is 0 Å². The highest BCUT2D eigenvalue weighted by Gasteiger charge is 2.06. The normalized spacial score (nSPS) is 21.4. The Morgan fingerprint density at radius 1 is 1.57 bits per heavy atom. The fraction of sp³-hybridized carbons (Fsp3) is 0.300. The van der Waals surface area contributed by atoms with Gasteiger partial charge in [-0.2, -0.15) is 0 Å². The van der Waals surface area contributed by atoms with Crippen molar-refractivity contribution in [3.05, 3.63) is 23.9 Å². The van der Waals surface area contributed by atoms with E-state index in [1.165, 1.54) is 0 Å². The van der Waals surface area contributed by atoms with Gasteiger partial charge in [-0.05, 0) is 32.8 Å². The van der Waals surface area contributed by atoms with Crippen molar-refractivity contribution < 1.29 is 0 Å². The zero-order valence-corrected chi connectivity index (χ0v) is 8.49. The number of aliphatic imine (C=N–C) groups is 3. The molecular weight excluding hydrogens is 176 g/mol. The molecule has 1 heterocycles. The van der Waals surface area contributed by atoms with Crippen LogP contribution < -0.4 is 5.32 Å². The maximum absolute atomic E-state index is 4.30. The Labute approximate surface area is 83.9 Å². The van der Waals surface area contributed by atoms with Crippen molar-refractivity contribution >= 4 is 18.3 Å². The monoisotopic (exact) mass is 190 g/mol. The quantitative estimate of drug-likeness (QED) is 0.667. The number of dihydropyridines is 1. The first-order valence-electron chi connectivity index (χ1n) is 4.36. The van der Waals surface area contributed by atoms with Crippen molar-refractivity contribution in [2.75, 3.05) is 13.7 Å². The number of hydrogen-bond acceptors (Lipinski definition) is 3. The molecule has 0 aromatic carbocycles. The van der Waals surface area contributed by atoms with E-state index in [9.17, 15) is 0 Å². The first-order chi connectivity index (χ1) is 6.77. The van der Waals surface area contributed by atoms with Gasteiger partial charge in [-0.25, -0.2) is 4.99 Å². The highest BCUT2D eigenvalue weighted by Crippen LogP contribution is 2.08. The molecule has 74 valence electrons. The van der Waals surface area contributed by atoms with Crippen molar-refractivity contribution in [1.29, 1.82) is 0 Å². The lowest BCUT2D eigenvalue weighted by Gasteiger charge is -2.07. The van der Waals surface area contributed by atoms with Crippen LogP contribution >= 0.6 is 0 Å². The molecule has 1 aliphatic heterocycles. The van der Waals surface area contributed by atoms with Crippen LogP contribution in [-0.2, 0) is 0 Å². The molecule has 0 aromatic heterocycles. The molecule has 0 atom stereocenters. The standard InChI is InChI=1S/C10H14N4/c1-8-4-5-9(6-11-2)10(14-8)13-7-12-3/h4-6,12H,2,7H2,1,3H3/b9-6-,13-10+. The van der Waals surface area contributed by atoms with Gasteiger partial charge in [0.05, 0.1) is 6.67 Å². The highest BCUT2D eigenvalue weighted by molar-refractivity contribution is 6.14. The van der Waals surface area contributed by atoms with Gasteiger partial charge in [-0.15, -0.1) is 0 Å². The van der Waals surface area contributed by atoms with E-state index in [-0.39, 0.29) is 0 Å². The highest BCUT2D eigenvalue weighted by atomic mass is 15.0. The summed E-state index contributed by atoms with van der Waals surface area (Å²) in [5.41, 5.74) is 1.84. The number of rotatable bonds is 3. The first-order valence-corrected chi connectivity index (χ1v) is 4.36. The number of hydrogen-bond donors (Lipinski definition) is 1. The zero-order chi connectivity index (χ0) is 10.4. The van der Waals surface area contributed by atoms with Crippen LogP contribution in [0.15, 0.2) is 38.9 Å². The number of nitrogens with zero attached hydrogens (tertiary/aromatic N) is 3. The van der Waals surface area contributed by atoms with Gasteiger partial charge in [0.25, 0.3) is 0 Å². The zero-order valence-electron chi connectivity index (χ0n) is 8.49. The van der Waals surface area contributed by atoms with Crippen LogP contribution in [-0.4, -0.2) is 32.0 Å². The Hall–Kier alpha value is -1.55. The van der Waals surface area contributed by atoms with Gasteiger partial charge in [0, 0.05) is 17.5 Å². The topological polar surface area (TPSA) is 49.1 Å². The van der Waals surface area contributed by atoms with Crippen LogP contribution in [0.2, 0.25) is 0 Å². The Kier molecular flexibility index (Phi) is 3.94. The maximum Gasteiger partial charge on any atom is 0.157 e. The van der Waals surface area contributed by atoms with Crippen molar-refractivity contribution in [3.8, 4) is 0 Å². The summed E-state index contributed by atoms with van der Waals surface area (Å²) in [7, 11) is 1.84. The third-order valence-corrected chi connectivity index (χ3v) is 1.66. The van der Waals surface area contributed by atoms with Gasteiger partial charge in [-0.1, -0.05) is 0 Å². The van der Waals surface area contributed by atoms with E-state index in [1.54, 1.807) is 6.20 Å². The Balaban J connectivity index is 2.93. The summed E-state index contributed by atoms with van der Waals surface area (Å²) >= 11 is 0. The van der Waals surface area contributed by atoms with Crippen LogP contribution in [0.1, 0.15) is 6.92 Å². The van der Waals surface area contributed by atoms with Crippen LogP contribution in [0.25, 0.3) is 0 Å². The maximum atomic E-state index is 4.30. The molecule has 0 aromatic rings. The molecule has 0 fully saturated rings. The molecule has 0 radical (unpaired) electrons. The lowest BCUT2D eigenvalue weighted by Crippen LogP contribution is -2.12. The van der Waals surface area contributed by atoms with Crippen molar-refractivity contribution in [1.82, 2.24) is 5.32 Å². The van der Waals surface area contributed by atoms with E-state index >= 15 is 0 Å². The molecule has 0 bridgehead atoms. The summed E-state index contributed by atoms with van der Waals surface area (Å²) in [5, 5.41) is 2.94. The second-order valence-electron chi connectivity index (χ2n) is 2.85. The molecule has 4 heteroatoms. The second kappa shape index (κ2) is 5.24. The van der Waals surface area contributed by atoms with Gasteiger partial charge in [0.15, 0.2) is 5.84 Å². The lowest BCUT2D eigenvalue weighted by molar-refractivity contribution is 0.833. The third-order valence-electron chi connectivity index (χ3n) is 1.66. The van der Waals surface area contributed by atoms with Crippen molar-refractivity contribution in [2.45, 2.75) is 6.92 Å². The largest absolute Gasteiger partial charge is 0.301 e. The fourth-order valence-corrected chi connectivity index (χ4v) is 1.03. The molecule has 0 aliphatic carbocycles. The van der Waals surface area contributed by atoms with Gasteiger partial charge < -0.3 is 5.32 Å². The summed E-state index contributed by atoms with van der Waals surface area (Å²) in [6.07, 6.45) is 5.52. The predicted molar refractivity (Wildman–Crippen MR) is 61.2 cm³/mol. The van der Waals surface area contributed by atoms with Crippen LogP contribution in [0, 0.1) is 0 Å². The van der Waals surface area contributed by atoms with E-state index < -0.39 is 0 Å². The van der Waals surface area contributed by atoms with Crippen LogP contribution in [0.5, 0.6) is 0 Å². The van der Waals surface area contributed by atoms with Gasteiger partial charge >= 0.3 is 0 Å². The molecule has 0 unspecified atom stereocenters. The molecule has 0 saturated carbocycles. The van der Waals surface area contributed by atoms with Gasteiger partial charge in [-0.3, -0.25) is 9.98 Å². The average molecular weight is 190 g/mol. The number of nitrogens with one attached hydrogen (secondary N) is 1. The second-order valence-corrected chi connectivity index (χ2v) is 2.85. The molecule has 14 heavy (non-hydrogen) atoms. The summed E-state index contributed by atoms with van der Waals surface area (Å²) in [6.45, 7) is 5.89. The minimum Gasteiger partial charge on any atom is -0.301 e. The van der Waals surface area contributed by atoms with Crippen LogP contribution in [0.3, 0.4) is 0 Å².